The van der Waals surface area contributed by atoms with Gasteiger partial charge in [0.05, 0.1) is 6.04 Å². The van der Waals surface area contributed by atoms with Gasteiger partial charge >= 0.3 is 6.09 Å². The second-order valence-corrected chi connectivity index (χ2v) is 8.11. The Balaban J connectivity index is 1.67. The number of carbonyl (C=O) groups is 1. The molecule has 1 atom stereocenters. The van der Waals surface area contributed by atoms with E-state index < -0.39 is 5.60 Å². The van der Waals surface area contributed by atoms with E-state index in [4.69, 9.17) is 4.74 Å². The van der Waals surface area contributed by atoms with Crippen LogP contribution in [0.5, 0.6) is 0 Å². The van der Waals surface area contributed by atoms with Gasteiger partial charge in [-0.15, -0.1) is 0 Å². The largest absolute Gasteiger partial charge is 0.444 e. The van der Waals surface area contributed by atoms with Crippen LogP contribution < -0.4 is 5.32 Å². The molecule has 4 nitrogen and oxygen atoms in total. The number of nitrogens with one attached hydrogen (secondary N) is 1. The zero-order valence-electron chi connectivity index (χ0n) is 15.2. The first-order valence-electron chi connectivity index (χ1n) is 9.24. The fourth-order valence-corrected chi connectivity index (χ4v) is 3.76. The second kappa shape index (κ2) is 7.14. The normalized spacial score (nSPS) is 21.4. The number of rotatable bonds is 3. The maximum atomic E-state index is 12.1. The van der Waals surface area contributed by atoms with Crippen LogP contribution in [-0.4, -0.2) is 29.7 Å². The first kappa shape index (κ1) is 17.3. The van der Waals surface area contributed by atoms with E-state index in [1.54, 1.807) is 0 Å². The SMILES string of the molecule is CC(C)(C)OC(=O)NC1CCCc2cc(CN3CCCC3)ccc21. The molecule has 0 saturated carbocycles. The third kappa shape index (κ3) is 4.50. The summed E-state index contributed by atoms with van der Waals surface area (Å²) < 4.78 is 5.41. The van der Waals surface area contributed by atoms with E-state index in [1.165, 1.54) is 42.6 Å². The van der Waals surface area contributed by atoms with E-state index in [0.717, 1.165) is 25.8 Å². The first-order valence-corrected chi connectivity index (χ1v) is 9.24. The predicted octanol–water partition coefficient (Wildman–Crippen LogP) is 4.18. The molecule has 1 aromatic rings. The van der Waals surface area contributed by atoms with E-state index in [-0.39, 0.29) is 12.1 Å². The van der Waals surface area contributed by atoms with Crippen LogP contribution in [0.2, 0.25) is 0 Å². The van der Waals surface area contributed by atoms with Gasteiger partial charge in [-0.05, 0) is 82.7 Å². The van der Waals surface area contributed by atoms with Crippen molar-refractivity contribution >= 4 is 6.09 Å². The second-order valence-electron chi connectivity index (χ2n) is 8.11. The van der Waals surface area contributed by atoms with Gasteiger partial charge in [0.1, 0.15) is 5.60 Å². The Morgan fingerprint density at radius 3 is 2.71 bits per heavy atom. The lowest BCUT2D eigenvalue weighted by Crippen LogP contribution is -2.36. The van der Waals surface area contributed by atoms with Crippen LogP contribution in [0.4, 0.5) is 4.79 Å². The first-order chi connectivity index (χ1) is 11.4. The molecule has 1 fully saturated rings. The summed E-state index contributed by atoms with van der Waals surface area (Å²) in [7, 11) is 0. The van der Waals surface area contributed by atoms with Crippen LogP contribution in [0.1, 0.15) is 69.2 Å². The summed E-state index contributed by atoms with van der Waals surface area (Å²) in [5.74, 6) is 0. The maximum Gasteiger partial charge on any atom is 0.408 e. The lowest BCUT2D eigenvalue weighted by atomic mass is 9.86. The summed E-state index contributed by atoms with van der Waals surface area (Å²) in [6.45, 7) is 9.18. The van der Waals surface area contributed by atoms with E-state index in [0.29, 0.717) is 0 Å². The summed E-state index contributed by atoms with van der Waals surface area (Å²) in [5.41, 5.74) is 3.59. The third-order valence-corrected chi connectivity index (χ3v) is 4.82. The molecule has 0 spiro atoms. The molecule has 1 amide bonds. The molecular formula is C20H30N2O2. The number of likely N-dealkylation sites (tertiary alicyclic amines) is 1. The van der Waals surface area contributed by atoms with Gasteiger partial charge in [0.25, 0.3) is 0 Å². The summed E-state index contributed by atoms with van der Waals surface area (Å²) in [6.07, 6.45) is 5.54. The van der Waals surface area contributed by atoms with Gasteiger partial charge in [0.2, 0.25) is 0 Å². The smallest absolute Gasteiger partial charge is 0.408 e. The number of benzene rings is 1. The van der Waals surface area contributed by atoms with Crippen LogP contribution in [0.25, 0.3) is 0 Å². The molecular weight excluding hydrogens is 300 g/mol. The standard InChI is InChI=1S/C20H30N2O2/c1-20(2,3)24-19(23)21-18-8-6-7-16-13-15(9-10-17(16)18)14-22-11-4-5-12-22/h9-10,13,18H,4-8,11-12,14H2,1-3H3,(H,21,23). The maximum absolute atomic E-state index is 12.1. The van der Waals surface area contributed by atoms with Crippen LogP contribution in [0.3, 0.4) is 0 Å². The number of fused-ring (bicyclic) bond motifs is 1. The van der Waals surface area contributed by atoms with Gasteiger partial charge in [-0.25, -0.2) is 4.79 Å². The zero-order chi connectivity index (χ0) is 17.2. The molecule has 1 aromatic carbocycles. The van der Waals surface area contributed by atoms with Crippen molar-refractivity contribution in [3.8, 4) is 0 Å². The highest BCUT2D eigenvalue weighted by Gasteiger charge is 2.25. The van der Waals surface area contributed by atoms with Crippen molar-refractivity contribution in [2.75, 3.05) is 13.1 Å². The summed E-state index contributed by atoms with van der Waals surface area (Å²) in [5, 5.41) is 3.05. The van der Waals surface area contributed by atoms with Gasteiger partial charge in [0.15, 0.2) is 0 Å². The number of aryl methyl sites for hydroxylation is 1. The molecule has 2 aliphatic rings. The van der Waals surface area contributed by atoms with Gasteiger partial charge in [-0.3, -0.25) is 4.90 Å². The van der Waals surface area contributed by atoms with Crippen molar-refractivity contribution in [1.29, 1.82) is 0 Å². The summed E-state index contributed by atoms with van der Waals surface area (Å²) >= 11 is 0. The van der Waals surface area contributed by atoms with E-state index in [1.807, 2.05) is 20.8 Å². The highest BCUT2D eigenvalue weighted by molar-refractivity contribution is 5.68. The van der Waals surface area contributed by atoms with Gasteiger partial charge in [-0.1, -0.05) is 18.2 Å². The number of ether oxygens (including phenoxy) is 1. The Kier molecular flexibility index (Phi) is 5.14. The minimum Gasteiger partial charge on any atom is -0.444 e. The molecule has 3 rings (SSSR count). The molecule has 0 radical (unpaired) electrons. The number of hydrogen-bond acceptors (Lipinski definition) is 3. The molecule has 132 valence electrons. The molecule has 1 saturated heterocycles. The highest BCUT2D eigenvalue weighted by atomic mass is 16.6. The quantitative estimate of drug-likeness (QED) is 0.904. The van der Waals surface area contributed by atoms with Crippen molar-refractivity contribution < 1.29 is 9.53 Å². The van der Waals surface area contributed by atoms with Crippen LogP contribution in [0, 0.1) is 0 Å². The predicted molar refractivity (Wildman–Crippen MR) is 96.0 cm³/mol. The number of nitrogens with zero attached hydrogens (tertiary/aromatic N) is 1. The van der Waals surface area contributed by atoms with Gasteiger partial charge in [0, 0.05) is 6.54 Å². The monoisotopic (exact) mass is 330 g/mol. The number of alkyl carbamates (subject to hydrolysis) is 1. The Hall–Kier alpha value is -1.55. The minimum atomic E-state index is -0.457. The molecule has 24 heavy (non-hydrogen) atoms. The van der Waals surface area contributed by atoms with Crippen molar-refractivity contribution in [1.82, 2.24) is 10.2 Å². The number of carbonyl (C=O) groups excluding carboxylic acids is 1. The van der Waals surface area contributed by atoms with E-state index in [2.05, 4.69) is 28.4 Å². The van der Waals surface area contributed by atoms with Gasteiger partial charge < -0.3 is 10.1 Å². The van der Waals surface area contributed by atoms with Crippen LogP contribution in [-0.2, 0) is 17.7 Å². The minimum absolute atomic E-state index is 0.0736. The molecule has 1 aliphatic heterocycles. The van der Waals surface area contributed by atoms with E-state index >= 15 is 0 Å². The third-order valence-electron chi connectivity index (χ3n) is 4.82. The zero-order valence-corrected chi connectivity index (χ0v) is 15.2. The average molecular weight is 330 g/mol. The van der Waals surface area contributed by atoms with Crippen molar-refractivity contribution in [2.45, 2.75) is 71.1 Å². The van der Waals surface area contributed by atoms with Crippen molar-refractivity contribution in [3.63, 3.8) is 0 Å². The Morgan fingerprint density at radius 1 is 1.25 bits per heavy atom. The Labute approximate surface area is 145 Å². The Morgan fingerprint density at radius 2 is 2.00 bits per heavy atom. The molecule has 1 heterocycles. The topological polar surface area (TPSA) is 41.6 Å². The summed E-state index contributed by atoms with van der Waals surface area (Å²) in [4.78, 5) is 14.6. The molecule has 1 N–H and O–H groups in total. The van der Waals surface area contributed by atoms with Crippen molar-refractivity contribution in [2.24, 2.45) is 0 Å². The fraction of sp³-hybridized carbons (Fsp3) is 0.650. The van der Waals surface area contributed by atoms with E-state index in [9.17, 15) is 4.79 Å². The van der Waals surface area contributed by atoms with Crippen LogP contribution in [0.15, 0.2) is 18.2 Å². The molecule has 4 heteroatoms. The van der Waals surface area contributed by atoms with Gasteiger partial charge in [-0.2, -0.15) is 0 Å². The highest BCUT2D eigenvalue weighted by Crippen LogP contribution is 2.31. The lowest BCUT2D eigenvalue weighted by molar-refractivity contribution is 0.0498. The summed E-state index contributed by atoms with van der Waals surface area (Å²) in [6, 6.07) is 6.86. The molecule has 0 bridgehead atoms. The van der Waals surface area contributed by atoms with Crippen LogP contribution >= 0.6 is 0 Å². The fourth-order valence-electron chi connectivity index (χ4n) is 3.76. The molecule has 0 aromatic heterocycles. The molecule has 1 aliphatic carbocycles. The van der Waals surface area contributed by atoms with Crippen molar-refractivity contribution in [3.05, 3.63) is 34.9 Å². The lowest BCUT2D eigenvalue weighted by Gasteiger charge is -2.28. The number of hydrogen-bond donors (Lipinski definition) is 1. The molecule has 1 unspecified atom stereocenters. The number of amides is 1. The average Bonchev–Trinajstić information content (AvgIpc) is 2.98. The Bertz CT molecular complexity index is 586.